The van der Waals surface area contributed by atoms with Crippen molar-refractivity contribution in [3.8, 4) is 0 Å². The Labute approximate surface area is 45.3 Å². The first kappa shape index (κ1) is 4.38. The van der Waals surface area contributed by atoms with Gasteiger partial charge in [0.15, 0.2) is 0 Å². The number of benzene rings is 1. The van der Waals surface area contributed by atoms with Crippen molar-refractivity contribution in [3.63, 3.8) is 0 Å². The minimum absolute atomic E-state index is 0. The van der Waals surface area contributed by atoms with Gasteiger partial charge in [0.05, 0.1) is 0 Å². The molecule has 0 saturated heterocycles. The first-order valence-electron chi connectivity index (χ1n) is 2.26. The molecule has 35 valence electrons. The van der Waals surface area contributed by atoms with Crippen molar-refractivity contribution in [2.45, 2.75) is 0 Å². The quantitative estimate of drug-likeness (QED) is 0.459. The summed E-state index contributed by atoms with van der Waals surface area (Å²) in [4.78, 5) is 0. The van der Waals surface area contributed by atoms with E-state index in [1.165, 1.54) is 0 Å². The largest absolute Gasteiger partial charge is 1.00 e. The molecule has 0 N–H and O–H groups in total. The van der Waals surface area contributed by atoms with Crippen LogP contribution >= 0.6 is 0 Å². The molecule has 0 heteroatoms. The van der Waals surface area contributed by atoms with Gasteiger partial charge in [-0.25, -0.2) is 0 Å². The minimum atomic E-state index is 0. The van der Waals surface area contributed by atoms with Gasteiger partial charge in [0.1, 0.15) is 0 Å². The second kappa shape index (κ2) is 1.78. The Balaban J connectivity index is 0.000000490. The fourth-order valence-electron chi connectivity index (χ4n) is 0.478. The van der Waals surface area contributed by atoms with Gasteiger partial charge in [0, 0.05) is 0 Å². The summed E-state index contributed by atoms with van der Waals surface area (Å²) in [5, 5.41) is 0. The predicted molar refractivity (Wildman–Crippen MR) is 32.0 cm³/mol. The third kappa shape index (κ3) is 1.04. The summed E-state index contributed by atoms with van der Waals surface area (Å²) in [5.74, 6) is 0. The molecule has 0 bridgehead atoms. The van der Waals surface area contributed by atoms with Crippen LogP contribution < -0.4 is 0 Å². The Hall–Kier alpha value is -0.780. The van der Waals surface area contributed by atoms with E-state index in [4.69, 9.17) is 0 Å². The van der Waals surface area contributed by atoms with Crippen LogP contribution in [0.5, 0.6) is 0 Å². The first-order chi connectivity index (χ1) is 3.39. The number of hydrogen-bond donors (Lipinski definition) is 0. The molecule has 1 radical (unpaired) electrons. The van der Waals surface area contributed by atoms with E-state index in [0.717, 1.165) is 5.56 Å². The highest BCUT2D eigenvalue weighted by Crippen LogP contribution is 1.92. The molecule has 1 aromatic rings. The van der Waals surface area contributed by atoms with Gasteiger partial charge in [-0.2, -0.15) is 0 Å². The predicted octanol–water partition coefficient (Wildman–Crippen LogP) is 1.98. The maximum Gasteiger partial charge on any atom is 1.00 e. The van der Waals surface area contributed by atoms with Gasteiger partial charge in [-0.15, -0.1) is 0 Å². The molecule has 0 amide bonds. The van der Waals surface area contributed by atoms with Crippen LogP contribution in [0, 0.1) is 6.92 Å². The topological polar surface area (TPSA) is 0 Å². The average Bonchev–Trinajstić information content (AvgIpc) is 1.69. The van der Waals surface area contributed by atoms with Crippen LogP contribution in [0.2, 0.25) is 0 Å². The van der Waals surface area contributed by atoms with Crippen molar-refractivity contribution in [1.29, 1.82) is 0 Å². The molecular formula is C7H8+. The molecule has 0 nitrogen and oxygen atoms in total. The molecule has 0 aliphatic rings. The van der Waals surface area contributed by atoms with E-state index in [1.54, 1.807) is 0 Å². The molecule has 0 saturated carbocycles. The molecule has 1 aromatic carbocycles. The van der Waals surface area contributed by atoms with E-state index in [2.05, 4.69) is 6.92 Å². The molecule has 0 aromatic heterocycles. The van der Waals surface area contributed by atoms with Crippen LogP contribution in [-0.2, 0) is 0 Å². The summed E-state index contributed by atoms with van der Waals surface area (Å²) in [6.45, 7) is 3.72. The highest BCUT2D eigenvalue weighted by atomic mass is 13.8. The van der Waals surface area contributed by atoms with Crippen molar-refractivity contribution >= 4 is 0 Å². The van der Waals surface area contributed by atoms with Crippen LogP contribution in [0.15, 0.2) is 30.3 Å². The van der Waals surface area contributed by atoms with Gasteiger partial charge in [-0.3, -0.25) is 0 Å². The number of rotatable bonds is 0. The summed E-state index contributed by atoms with van der Waals surface area (Å²) >= 11 is 0. The minimum Gasteiger partial charge on any atom is -0.0622 e. The van der Waals surface area contributed by atoms with Crippen molar-refractivity contribution in [1.82, 2.24) is 0 Å². The standard InChI is InChI=1S/C7H7/c1-7-5-3-2-4-6-7/h2-6H,1H2/p+1. The zero-order valence-corrected chi connectivity index (χ0v) is 4.09. The Morgan fingerprint density at radius 3 is 2.00 bits per heavy atom. The van der Waals surface area contributed by atoms with Crippen molar-refractivity contribution in [3.05, 3.63) is 42.8 Å². The highest BCUT2D eigenvalue weighted by molar-refractivity contribution is 5.16. The van der Waals surface area contributed by atoms with E-state index < -0.39 is 0 Å². The van der Waals surface area contributed by atoms with Crippen molar-refractivity contribution in [2.75, 3.05) is 0 Å². The average molecular weight is 92.1 g/mol. The van der Waals surface area contributed by atoms with Crippen molar-refractivity contribution in [2.24, 2.45) is 0 Å². The SMILES string of the molecule is [CH2]c1ccccc1.[H+]. The van der Waals surface area contributed by atoms with E-state index >= 15 is 0 Å². The van der Waals surface area contributed by atoms with E-state index in [0.29, 0.717) is 0 Å². The van der Waals surface area contributed by atoms with Crippen LogP contribution in [-0.4, -0.2) is 0 Å². The first-order valence-corrected chi connectivity index (χ1v) is 2.26. The normalized spacial score (nSPS) is 8.71. The summed E-state index contributed by atoms with van der Waals surface area (Å²) in [7, 11) is 0. The fourth-order valence-corrected chi connectivity index (χ4v) is 0.478. The van der Waals surface area contributed by atoms with Gasteiger partial charge in [-0.1, -0.05) is 30.3 Å². The summed E-state index contributed by atoms with van der Waals surface area (Å²) in [6, 6.07) is 9.87. The molecule has 0 aliphatic carbocycles. The third-order valence-corrected chi connectivity index (χ3v) is 0.843. The summed E-state index contributed by atoms with van der Waals surface area (Å²) < 4.78 is 0. The molecule has 1 rings (SSSR count). The van der Waals surface area contributed by atoms with Gasteiger partial charge in [0.25, 0.3) is 0 Å². The fraction of sp³-hybridized carbons (Fsp3) is 0. The maximum atomic E-state index is 3.72. The van der Waals surface area contributed by atoms with Crippen LogP contribution in [0.3, 0.4) is 0 Å². The van der Waals surface area contributed by atoms with Gasteiger partial charge in [0.2, 0.25) is 0 Å². The lowest BCUT2D eigenvalue weighted by atomic mass is 10.2. The lowest BCUT2D eigenvalue weighted by Gasteiger charge is -1.82. The molecule has 0 fully saturated rings. The maximum absolute atomic E-state index is 3.72. The lowest BCUT2D eigenvalue weighted by Crippen LogP contribution is -1.62. The van der Waals surface area contributed by atoms with Crippen LogP contribution in [0.4, 0.5) is 0 Å². The summed E-state index contributed by atoms with van der Waals surface area (Å²) in [5.41, 5.74) is 1.07. The Morgan fingerprint density at radius 2 is 1.71 bits per heavy atom. The van der Waals surface area contributed by atoms with Crippen LogP contribution in [0.1, 0.15) is 6.99 Å². The van der Waals surface area contributed by atoms with Crippen molar-refractivity contribution < 1.29 is 1.43 Å². The Morgan fingerprint density at radius 1 is 1.14 bits per heavy atom. The molecule has 0 atom stereocenters. The van der Waals surface area contributed by atoms with Gasteiger partial charge >= 0.3 is 1.43 Å². The van der Waals surface area contributed by atoms with E-state index in [1.807, 2.05) is 30.3 Å². The molecular weight excluding hydrogens is 84.1 g/mol. The molecule has 7 heavy (non-hydrogen) atoms. The monoisotopic (exact) mass is 92.1 g/mol. The molecule has 0 spiro atoms. The zero-order chi connectivity index (χ0) is 5.11. The second-order valence-electron chi connectivity index (χ2n) is 1.49. The highest BCUT2D eigenvalue weighted by Gasteiger charge is 1.72. The Kier molecular flexibility index (Phi) is 1.12. The van der Waals surface area contributed by atoms with Gasteiger partial charge < -0.3 is 0 Å². The molecule has 0 heterocycles. The van der Waals surface area contributed by atoms with E-state index in [-0.39, 0.29) is 1.43 Å². The van der Waals surface area contributed by atoms with Gasteiger partial charge in [-0.05, 0) is 12.5 Å². The molecule has 0 unspecified atom stereocenters. The van der Waals surface area contributed by atoms with Crippen LogP contribution in [0.25, 0.3) is 0 Å². The lowest BCUT2D eigenvalue weighted by molar-refractivity contribution is 1.62. The second-order valence-corrected chi connectivity index (χ2v) is 1.49. The Bertz CT molecular complexity index is 134. The van der Waals surface area contributed by atoms with E-state index in [9.17, 15) is 0 Å². The third-order valence-electron chi connectivity index (χ3n) is 0.843. The smallest absolute Gasteiger partial charge is 0.0622 e. The zero-order valence-electron chi connectivity index (χ0n) is 5.09. The molecule has 0 aliphatic heterocycles. The number of hydrogen-bond acceptors (Lipinski definition) is 0. The summed E-state index contributed by atoms with van der Waals surface area (Å²) in [6.07, 6.45) is 0.